The first-order valence-corrected chi connectivity index (χ1v) is 6.99. The zero-order chi connectivity index (χ0) is 13.8. The molecule has 2 aliphatic rings. The second-order valence-corrected chi connectivity index (χ2v) is 6.63. The second kappa shape index (κ2) is 3.94. The van der Waals surface area contributed by atoms with Gasteiger partial charge in [0.15, 0.2) is 0 Å². The van der Waals surface area contributed by atoms with Gasteiger partial charge in [0.25, 0.3) is 0 Å². The first-order valence-electron chi connectivity index (χ1n) is 6.99. The van der Waals surface area contributed by atoms with Crippen molar-refractivity contribution >= 4 is 5.57 Å². The Kier molecular flexibility index (Phi) is 2.67. The van der Waals surface area contributed by atoms with Gasteiger partial charge < -0.3 is 9.84 Å². The van der Waals surface area contributed by atoms with Crippen molar-refractivity contribution in [2.45, 2.75) is 51.2 Å². The van der Waals surface area contributed by atoms with E-state index >= 15 is 0 Å². The molecule has 1 aliphatic heterocycles. The lowest BCUT2D eigenvalue weighted by molar-refractivity contribution is 0.237. The molecule has 0 bridgehead atoms. The van der Waals surface area contributed by atoms with Crippen molar-refractivity contribution in [3.63, 3.8) is 0 Å². The SMILES string of the molecule is CC1=CCC(C)(C)c2ccc(C3(C)OC3CO)cc21. The lowest BCUT2D eigenvalue weighted by Gasteiger charge is -2.32. The van der Waals surface area contributed by atoms with Crippen LogP contribution in [0.3, 0.4) is 0 Å². The van der Waals surface area contributed by atoms with Crippen LogP contribution in [0.1, 0.15) is 50.8 Å². The number of benzene rings is 1. The zero-order valence-electron chi connectivity index (χ0n) is 12.2. The maximum absolute atomic E-state index is 9.24. The van der Waals surface area contributed by atoms with Gasteiger partial charge in [0.1, 0.15) is 11.7 Å². The summed E-state index contributed by atoms with van der Waals surface area (Å²) >= 11 is 0. The summed E-state index contributed by atoms with van der Waals surface area (Å²) in [5.74, 6) is 0. The summed E-state index contributed by atoms with van der Waals surface area (Å²) in [6.45, 7) is 8.91. The molecule has 1 aromatic carbocycles. The van der Waals surface area contributed by atoms with Crippen molar-refractivity contribution < 1.29 is 9.84 Å². The monoisotopic (exact) mass is 258 g/mol. The fourth-order valence-corrected chi connectivity index (χ4v) is 3.12. The molecule has 1 aliphatic carbocycles. The number of aliphatic hydroxyl groups is 1. The molecule has 0 spiro atoms. The fourth-order valence-electron chi connectivity index (χ4n) is 3.12. The molecule has 1 N–H and O–H groups in total. The Morgan fingerprint density at radius 3 is 2.68 bits per heavy atom. The molecule has 1 saturated heterocycles. The summed E-state index contributed by atoms with van der Waals surface area (Å²) in [4.78, 5) is 0. The number of aliphatic hydroxyl groups excluding tert-OH is 1. The molecular weight excluding hydrogens is 236 g/mol. The Labute approximate surface area is 115 Å². The van der Waals surface area contributed by atoms with E-state index in [2.05, 4.69) is 52.0 Å². The number of hydrogen-bond donors (Lipinski definition) is 1. The zero-order valence-corrected chi connectivity index (χ0v) is 12.2. The van der Waals surface area contributed by atoms with Crippen LogP contribution in [0.2, 0.25) is 0 Å². The van der Waals surface area contributed by atoms with E-state index in [0.29, 0.717) is 0 Å². The number of epoxide rings is 1. The summed E-state index contributed by atoms with van der Waals surface area (Å²) in [6.07, 6.45) is 3.37. The van der Waals surface area contributed by atoms with Crippen molar-refractivity contribution in [3.05, 3.63) is 41.0 Å². The molecular formula is C17H22O2. The Morgan fingerprint density at radius 2 is 2.05 bits per heavy atom. The van der Waals surface area contributed by atoms with Crippen molar-refractivity contribution in [1.82, 2.24) is 0 Å². The quantitative estimate of drug-likeness (QED) is 0.825. The first-order chi connectivity index (χ1) is 8.88. The summed E-state index contributed by atoms with van der Waals surface area (Å²) in [5, 5.41) is 9.24. The molecule has 1 heterocycles. The molecule has 0 amide bonds. The van der Waals surface area contributed by atoms with E-state index in [1.807, 2.05) is 0 Å². The highest BCUT2D eigenvalue weighted by atomic mass is 16.6. The Bertz CT molecular complexity index is 556. The number of fused-ring (bicyclic) bond motifs is 1. The lowest BCUT2D eigenvalue weighted by atomic mass is 9.73. The maximum atomic E-state index is 9.24. The normalized spacial score (nSPS) is 31.6. The summed E-state index contributed by atoms with van der Waals surface area (Å²) in [5.41, 5.74) is 5.18. The van der Waals surface area contributed by atoms with E-state index in [1.54, 1.807) is 0 Å². The smallest absolute Gasteiger partial charge is 0.119 e. The van der Waals surface area contributed by atoms with Crippen molar-refractivity contribution in [2.24, 2.45) is 0 Å². The van der Waals surface area contributed by atoms with Crippen molar-refractivity contribution in [1.29, 1.82) is 0 Å². The minimum atomic E-state index is -0.300. The minimum absolute atomic E-state index is 0.0496. The molecule has 102 valence electrons. The third-order valence-electron chi connectivity index (χ3n) is 4.78. The van der Waals surface area contributed by atoms with Crippen LogP contribution in [-0.2, 0) is 15.8 Å². The van der Waals surface area contributed by atoms with E-state index in [0.717, 1.165) is 6.42 Å². The highest BCUT2D eigenvalue weighted by Gasteiger charge is 2.53. The Balaban J connectivity index is 2.06. The van der Waals surface area contributed by atoms with Gasteiger partial charge in [-0.2, -0.15) is 0 Å². The topological polar surface area (TPSA) is 32.8 Å². The predicted octanol–water partition coefficient (Wildman–Crippen LogP) is 3.38. The van der Waals surface area contributed by atoms with Gasteiger partial charge in [-0.3, -0.25) is 0 Å². The number of ether oxygens (including phenoxy) is 1. The van der Waals surface area contributed by atoms with Gasteiger partial charge in [-0.25, -0.2) is 0 Å². The van der Waals surface area contributed by atoms with Crippen LogP contribution in [0, 0.1) is 0 Å². The molecule has 3 rings (SSSR count). The second-order valence-electron chi connectivity index (χ2n) is 6.63. The molecule has 2 unspecified atom stereocenters. The first kappa shape index (κ1) is 12.9. The summed E-state index contributed by atoms with van der Waals surface area (Å²) in [7, 11) is 0. The number of hydrogen-bond acceptors (Lipinski definition) is 2. The van der Waals surface area contributed by atoms with Crippen molar-refractivity contribution in [2.75, 3.05) is 6.61 Å². The molecule has 1 aromatic rings. The highest BCUT2D eigenvalue weighted by Crippen LogP contribution is 2.48. The van der Waals surface area contributed by atoms with Gasteiger partial charge >= 0.3 is 0 Å². The van der Waals surface area contributed by atoms with E-state index in [1.165, 1.54) is 22.3 Å². The van der Waals surface area contributed by atoms with Crippen LogP contribution in [0.25, 0.3) is 5.57 Å². The van der Waals surface area contributed by atoms with Crippen LogP contribution in [0.5, 0.6) is 0 Å². The van der Waals surface area contributed by atoms with Crippen LogP contribution in [0.15, 0.2) is 24.3 Å². The third kappa shape index (κ3) is 1.86. The fraction of sp³-hybridized carbons (Fsp3) is 0.529. The number of allylic oxidation sites excluding steroid dienone is 2. The molecule has 2 nitrogen and oxygen atoms in total. The molecule has 2 heteroatoms. The van der Waals surface area contributed by atoms with Gasteiger partial charge in [-0.15, -0.1) is 0 Å². The molecule has 19 heavy (non-hydrogen) atoms. The molecule has 1 fully saturated rings. The van der Waals surface area contributed by atoms with E-state index in [-0.39, 0.29) is 23.7 Å². The maximum Gasteiger partial charge on any atom is 0.119 e. The van der Waals surface area contributed by atoms with Gasteiger partial charge in [0, 0.05) is 0 Å². The Morgan fingerprint density at radius 1 is 1.32 bits per heavy atom. The molecule has 0 aromatic heterocycles. The predicted molar refractivity (Wildman–Crippen MR) is 77.0 cm³/mol. The Hall–Kier alpha value is -1.12. The van der Waals surface area contributed by atoms with Crippen LogP contribution in [0.4, 0.5) is 0 Å². The van der Waals surface area contributed by atoms with Gasteiger partial charge in [0.2, 0.25) is 0 Å². The van der Waals surface area contributed by atoms with Crippen LogP contribution >= 0.6 is 0 Å². The van der Waals surface area contributed by atoms with Crippen LogP contribution < -0.4 is 0 Å². The van der Waals surface area contributed by atoms with Crippen molar-refractivity contribution in [3.8, 4) is 0 Å². The standard InChI is InChI=1S/C17H22O2/c1-11-7-8-16(2,3)14-6-5-12(9-13(11)14)17(4)15(10-18)19-17/h5-7,9,15,18H,8,10H2,1-4H3. The van der Waals surface area contributed by atoms with E-state index in [4.69, 9.17) is 4.74 Å². The molecule has 0 radical (unpaired) electrons. The minimum Gasteiger partial charge on any atom is -0.394 e. The average molecular weight is 258 g/mol. The van der Waals surface area contributed by atoms with Gasteiger partial charge in [-0.05, 0) is 54.0 Å². The van der Waals surface area contributed by atoms with E-state index < -0.39 is 0 Å². The van der Waals surface area contributed by atoms with E-state index in [9.17, 15) is 5.11 Å². The summed E-state index contributed by atoms with van der Waals surface area (Å²) < 4.78 is 5.65. The van der Waals surface area contributed by atoms with Gasteiger partial charge in [0.05, 0.1) is 6.61 Å². The highest BCUT2D eigenvalue weighted by molar-refractivity contribution is 5.71. The largest absolute Gasteiger partial charge is 0.394 e. The molecule has 0 saturated carbocycles. The average Bonchev–Trinajstić information content (AvgIpc) is 3.07. The lowest BCUT2D eigenvalue weighted by Crippen LogP contribution is -2.22. The number of rotatable bonds is 2. The van der Waals surface area contributed by atoms with Gasteiger partial charge in [-0.1, -0.05) is 32.1 Å². The summed E-state index contributed by atoms with van der Waals surface area (Å²) in [6, 6.07) is 6.65. The van der Waals surface area contributed by atoms with Crippen LogP contribution in [-0.4, -0.2) is 17.8 Å². The molecule has 2 atom stereocenters. The third-order valence-corrected chi connectivity index (χ3v) is 4.78.